The molecule has 1 aromatic heterocycles. The molecule has 114 valence electrons. The fourth-order valence-electron chi connectivity index (χ4n) is 2.45. The zero-order valence-electron chi connectivity index (χ0n) is 13.1. The van der Waals surface area contributed by atoms with Crippen LogP contribution in [-0.4, -0.2) is 19.6 Å². The van der Waals surface area contributed by atoms with Crippen LogP contribution >= 0.6 is 32.9 Å². The van der Waals surface area contributed by atoms with Crippen LogP contribution in [0, 0.1) is 3.82 Å². The summed E-state index contributed by atoms with van der Waals surface area (Å²) in [6.45, 7) is 2.11. The first-order chi connectivity index (χ1) is 9.91. The van der Waals surface area contributed by atoms with Gasteiger partial charge in [0.1, 0.15) is 14.5 Å². The molecule has 0 saturated carbocycles. The third-order valence-corrected chi connectivity index (χ3v) is 7.41. The molecule has 22 heavy (non-hydrogen) atoms. The summed E-state index contributed by atoms with van der Waals surface area (Å²) in [5, 5.41) is 0. The Kier molecular flexibility index (Phi) is 5.88. The van der Waals surface area contributed by atoms with Crippen LogP contribution in [-0.2, 0) is 23.0 Å². The fourth-order valence-corrected chi connectivity index (χ4v) is 6.12. The van der Waals surface area contributed by atoms with Crippen molar-refractivity contribution in [2.45, 2.75) is 24.7 Å². The fraction of sp³-hybridized carbons (Fsp3) is 0.308. The zero-order chi connectivity index (χ0) is 15.2. The van der Waals surface area contributed by atoms with Gasteiger partial charge in [-0.15, -0.1) is 0 Å². The molecule has 1 heterocycles. The summed E-state index contributed by atoms with van der Waals surface area (Å²) < 4.78 is 38.8. The van der Waals surface area contributed by atoms with Crippen molar-refractivity contribution in [3.05, 3.63) is 27.1 Å². The van der Waals surface area contributed by atoms with E-state index in [4.69, 9.17) is 17.0 Å². The predicted octanol–water partition coefficient (Wildman–Crippen LogP) is 1.07. The van der Waals surface area contributed by atoms with Crippen LogP contribution in [0.4, 0.5) is 0 Å². The topological polar surface area (TPSA) is 63.6 Å². The molecule has 0 aliphatic heterocycles. The van der Waals surface area contributed by atoms with E-state index in [2.05, 4.69) is 0 Å². The van der Waals surface area contributed by atoms with Gasteiger partial charge in [0.2, 0.25) is 0 Å². The Morgan fingerprint density at radius 3 is 2.73 bits per heavy atom. The van der Waals surface area contributed by atoms with Crippen molar-refractivity contribution in [2.75, 3.05) is 6.61 Å². The Hall–Kier alpha value is 0.200. The molecule has 0 atom stereocenters. The maximum atomic E-state index is 11.6. The van der Waals surface area contributed by atoms with E-state index in [0.29, 0.717) is 6.61 Å². The number of aryl methyl sites for hydroxylation is 1. The molecule has 0 amide bonds. The van der Waals surface area contributed by atoms with Gasteiger partial charge in [-0.05, 0) is 43.0 Å². The van der Waals surface area contributed by atoms with E-state index in [0.717, 1.165) is 38.2 Å². The van der Waals surface area contributed by atoms with E-state index in [1.807, 2.05) is 0 Å². The normalized spacial score (nSPS) is 13.0. The van der Waals surface area contributed by atoms with Gasteiger partial charge in [0, 0.05) is 5.56 Å². The smallest absolute Gasteiger partial charge is 1.00 e. The second-order valence-electron chi connectivity index (χ2n) is 4.63. The molecule has 0 saturated heterocycles. The monoisotopic (exact) mass is 384 g/mol. The van der Waals surface area contributed by atoms with Crippen LogP contribution in [0.5, 0.6) is 5.75 Å². The van der Waals surface area contributed by atoms with Gasteiger partial charge in [-0.1, -0.05) is 32.9 Å². The van der Waals surface area contributed by atoms with Gasteiger partial charge in [-0.3, -0.25) is 4.55 Å². The summed E-state index contributed by atoms with van der Waals surface area (Å²) in [6.07, 6.45) is 1.65. The molecule has 3 rings (SSSR count). The van der Waals surface area contributed by atoms with Gasteiger partial charge in [-0.2, -0.15) is 8.42 Å². The van der Waals surface area contributed by atoms with Crippen molar-refractivity contribution in [3.63, 3.8) is 0 Å². The number of hydrogen-bond acceptors (Lipinski definition) is 6. The molecular weight excluding hydrogens is 371 g/mol. The first-order valence-corrected chi connectivity index (χ1v) is 10.3. The van der Waals surface area contributed by atoms with Crippen LogP contribution in [0.2, 0.25) is 0 Å². The van der Waals surface area contributed by atoms with Crippen molar-refractivity contribution >= 4 is 43.0 Å². The largest absolute Gasteiger partial charge is 1.00 e. The molecule has 0 bridgehead atoms. The summed E-state index contributed by atoms with van der Waals surface area (Å²) in [4.78, 5) is 0.833. The Morgan fingerprint density at radius 2 is 2.09 bits per heavy atom. The summed E-state index contributed by atoms with van der Waals surface area (Å²) in [6, 6.07) is 3.23. The minimum absolute atomic E-state index is 0. The molecule has 2 aromatic rings. The van der Waals surface area contributed by atoms with Gasteiger partial charge >= 0.3 is 29.6 Å². The maximum absolute atomic E-state index is 11.6. The van der Waals surface area contributed by atoms with Gasteiger partial charge in [0.25, 0.3) is 10.1 Å². The molecule has 1 N–H and O–H groups in total. The maximum Gasteiger partial charge on any atom is 1.00 e. The van der Waals surface area contributed by atoms with Crippen LogP contribution in [0.25, 0.3) is 10.4 Å². The van der Waals surface area contributed by atoms with Crippen molar-refractivity contribution in [1.82, 2.24) is 0 Å². The molecule has 1 aliphatic carbocycles. The quantitative estimate of drug-likeness (QED) is 0.371. The van der Waals surface area contributed by atoms with E-state index < -0.39 is 10.1 Å². The Labute approximate surface area is 165 Å². The standard InChI is InChI=1S/C13H12O4S4.Na.H/c1-2-17-10-5-7-3-4-8-12(19-20-13(8)18)9(7)6-11(10)21(14,15)16;;/h5-6H,2-4H2,1H3,(H,14,15,16);;/q;+1;-1. The van der Waals surface area contributed by atoms with Gasteiger partial charge < -0.3 is 6.16 Å². The Bertz CT molecular complexity index is 873. The second-order valence-corrected chi connectivity index (χ2v) is 8.83. The minimum Gasteiger partial charge on any atom is -1.00 e. The summed E-state index contributed by atoms with van der Waals surface area (Å²) in [7, 11) is -1.25. The van der Waals surface area contributed by atoms with Crippen LogP contribution < -0.4 is 34.3 Å². The molecule has 0 unspecified atom stereocenters. The van der Waals surface area contributed by atoms with E-state index in [9.17, 15) is 13.0 Å². The number of benzene rings is 1. The second kappa shape index (κ2) is 6.98. The van der Waals surface area contributed by atoms with Crippen LogP contribution in [0.15, 0.2) is 17.0 Å². The van der Waals surface area contributed by atoms with E-state index >= 15 is 0 Å². The van der Waals surface area contributed by atoms with E-state index in [-0.39, 0.29) is 41.6 Å². The van der Waals surface area contributed by atoms with Gasteiger partial charge in [-0.25, -0.2) is 0 Å². The average Bonchev–Trinajstić information content (AvgIpc) is 2.79. The molecular formula is C13H13NaO4S4. The summed E-state index contributed by atoms with van der Waals surface area (Å²) in [5.41, 5.74) is 2.98. The molecule has 4 nitrogen and oxygen atoms in total. The number of ether oxygens (including phenoxy) is 1. The number of hydrogen-bond donors (Lipinski definition) is 1. The van der Waals surface area contributed by atoms with E-state index in [1.165, 1.54) is 16.4 Å². The zero-order valence-corrected chi connectivity index (χ0v) is 17.3. The first kappa shape index (κ1) is 18.5. The molecule has 9 heteroatoms. The van der Waals surface area contributed by atoms with Crippen molar-refractivity contribution < 1.29 is 48.7 Å². The van der Waals surface area contributed by atoms with Crippen molar-refractivity contribution in [2.24, 2.45) is 0 Å². The van der Waals surface area contributed by atoms with Gasteiger partial charge in [0.05, 0.1) is 11.5 Å². The predicted molar refractivity (Wildman–Crippen MR) is 88.0 cm³/mol. The van der Waals surface area contributed by atoms with Crippen LogP contribution in [0.3, 0.4) is 0 Å². The molecule has 1 aromatic carbocycles. The Balaban J connectivity index is 0.00000132. The SMILES string of the molecule is CCOc1cc2c(cc1S(=O)(=O)O)-c1ssc(=S)c1CC2.[H-].[Na+]. The van der Waals surface area contributed by atoms with Gasteiger partial charge in [0.15, 0.2) is 0 Å². The van der Waals surface area contributed by atoms with Crippen LogP contribution in [0.1, 0.15) is 19.5 Å². The molecule has 0 spiro atoms. The number of rotatable bonds is 3. The third-order valence-electron chi connectivity index (χ3n) is 3.36. The molecule has 0 fully saturated rings. The molecule has 0 radical (unpaired) electrons. The summed E-state index contributed by atoms with van der Waals surface area (Å²) in [5.74, 6) is 0.209. The Morgan fingerprint density at radius 1 is 1.36 bits per heavy atom. The third kappa shape index (κ3) is 3.34. The average molecular weight is 385 g/mol. The number of fused-ring (bicyclic) bond motifs is 3. The van der Waals surface area contributed by atoms with Crippen molar-refractivity contribution in [1.29, 1.82) is 0 Å². The summed E-state index contributed by atoms with van der Waals surface area (Å²) >= 11 is 5.31. The first-order valence-electron chi connectivity index (χ1n) is 6.31. The minimum atomic E-state index is -4.33. The van der Waals surface area contributed by atoms with E-state index in [1.54, 1.807) is 23.3 Å². The van der Waals surface area contributed by atoms with Crippen molar-refractivity contribution in [3.8, 4) is 16.2 Å². The molecule has 1 aliphatic rings.